The Morgan fingerprint density at radius 3 is 2.56 bits per heavy atom. The van der Waals surface area contributed by atoms with Gasteiger partial charge in [0.25, 0.3) is 0 Å². The lowest BCUT2D eigenvalue weighted by Crippen LogP contribution is -2.15. The predicted octanol–water partition coefficient (Wildman–Crippen LogP) is 1.82. The summed E-state index contributed by atoms with van der Waals surface area (Å²) in [7, 11) is 0. The fraction of sp³-hybridized carbons (Fsp3) is 0.250. The van der Waals surface area contributed by atoms with Crippen molar-refractivity contribution in [3.63, 3.8) is 0 Å². The fourth-order valence-corrected chi connectivity index (χ4v) is 2.05. The molecule has 0 heterocycles. The maximum absolute atomic E-state index is 10.7. The second-order valence-corrected chi connectivity index (χ2v) is 4.65. The molecule has 1 aromatic rings. The third-order valence-corrected chi connectivity index (χ3v) is 3.94. The van der Waals surface area contributed by atoms with Gasteiger partial charge in [-0.2, -0.15) is 0 Å². The van der Waals surface area contributed by atoms with E-state index in [1.54, 1.807) is 0 Å². The normalized spacial score (nSPS) is 12.5. The van der Waals surface area contributed by atoms with E-state index in [1.807, 2.05) is 0 Å². The number of nitro benzene ring substituents is 1. The minimum atomic E-state index is -0.872. The number of nitrogens with zero attached hydrogens (tertiary/aromatic N) is 1. The molecule has 16 heavy (non-hydrogen) atoms. The van der Waals surface area contributed by atoms with E-state index in [9.17, 15) is 15.2 Å². The Labute approximate surface area is 107 Å². The van der Waals surface area contributed by atoms with Crippen LogP contribution in [0.5, 0.6) is 5.75 Å². The molecule has 0 fully saturated rings. The number of halogens is 2. The van der Waals surface area contributed by atoms with Crippen molar-refractivity contribution in [2.75, 3.05) is 6.61 Å². The van der Waals surface area contributed by atoms with Gasteiger partial charge in [-0.3, -0.25) is 10.1 Å². The van der Waals surface area contributed by atoms with Gasteiger partial charge in [-0.1, -0.05) is 0 Å². The summed E-state index contributed by atoms with van der Waals surface area (Å²) < 4.78 is 0.514. The zero-order valence-corrected chi connectivity index (χ0v) is 11.0. The molecular weight excluding hydrogens is 348 g/mol. The minimum Gasteiger partial charge on any atom is -0.502 e. The van der Waals surface area contributed by atoms with E-state index in [4.69, 9.17) is 10.8 Å². The molecule has 0 aliphatic rings. The number of rotatable bonds is 3. The first kappa shape index (κ1) is 13.4. The lowest BCUT2D eigenvalue weighted by atomic mass is 10.1. The van der Waals surface area contributed by atoms with Crippen molar-refractivity contribution < 1.29 is 15.1 Å². The maximum atomic E-state index is 10.7. The number of aliphatic hydroxyl groups is 1. The summed E-state index contributed by atoms with van der Waals surface area (Å²) >= 11 is 6.08. The van der Waals surface area contributed by atoms with E-state index in [1.165, 1.54) is 6.07 Å². The SMILES string of the molecule is N[C@H](CO)c1cc(Br)c(Br)c([N+](=O)[O-])c1O. The van der Waals surface area contributed by atoms with Gasteiger partial charge >= 0.3 is 5.69 Å². The molecule has 0 aliphatic carbocycles. The van der Waals surface area contributed by atoms with Gasteiger partial charge in [0.1, 0.15) is 4.47 Å². The highest BCUT2D eigenvalue weighted by atomic mass is 79.9. The molecule has 6 nitrogen and oxygen atoms in total. The number of nitrogens with two attached hydrogens (primary N) is 1. The lowest BCUT2D eigenvalue weighted by molar-refractivity contribution is -0.386. The number of hydrogen-bond acceptors (Lipinski definition) is 5. The van der Waals surface area contributed by atoms with Gasteiger partial charge in [0.2, 0.25) is 5.75 Å². The van der Waals surface area contributed by atoms with Crippen molar-refractivity contribution in [1.82, 2.24) is 0 Å². The Balaban J connectivity index is 3.50. The molecule has 0 saturated carbocycles. The molecule has 0 unspecified atom stereocenters. The maximum Gasteiger partial charge on any atom is 0.326 e. The summed E-state index contributed by atoms with van der Waals surface area (Å²) in [4.78, 5) is 10.0. The standard InChI is InChI=1S/C8H8Br2N2O4/c9-4-1-3(5(11)2-13)8(14)7(6(4)10)12(15)16/h1,5,13-14H,2,11H2/t5-/m1/s1. The van der Waals surface area contributed by atoms with Crippen LogP contribution in [0.15, 0.2) is 15.0 Å². The molecule has 0 aromatic heterocycles. The molecule has 1 atom stereocenters. The molecular formula is C8H8Br2N2O4. The van der Waals surface area contributed by atoms with Crippen molar-refractivity contribution in [3.05, 3.63) is 30.7 Å². The van der Waals surface area contributed by atoms with Gasteiger partial charge in [0, 0.05) is 10.0 Å². The van der Waals surface area contributed by atoms with Crippen LogP contribution >= 0.6 is 31.9 Å². The Morgan fingerprint density at radius 2 is 2.12 bits per heavy atom. The highest BCUT2D eigenvalue weighted by Crippen LogP contribution is 2.43. The Morgan fingerprint density at radius 1 is 1.56 bits per heavy atom. The van der Waals surface area contributed by atoms with Gasteiger partial charge in [-0.05, 0) is 37.9 Å². The first-order valence-corrected chi connectivity index (χ1v) is 5.70. The molecule has 0 amide bonds. The monoisotopic (exact) mass is 354 g/mol. The summed E-state index contributed by atoms with van der Waals surface area (Å²) in [6.07, 6.45) is 0. The Kier molecular flexibility index (Phi) is 4.25. The quantitative estimate of drug-likeness (QED) is 0.565. The topological polar surface area (TPSA) is 110 Å². The zero-order chi connectivity index (χ0) is 12.5. The number of aliphatic hydroxyl groups excluding tert-OH is 1. The molecule has 4 N–H and O–H groups in total. The van der Waals surface area contributed by atoms with Crippen molar-refractivity contribution >= 4 is 37.5 Å². The first-order chi connectivity index (χ1) is 7.40. The van der Waals surface area contributed by atoms with E-state index in [0.717, 1.165) is 0 Å². The largest absolute Gasteiger partial charge is 0.502 e. The third-order valence-electron chi connectivity index (χ3n) is 1.98. The van der Waals surface area contributed by atoms with Crippen molar-refractivity contribution in [3.8, 4) is 5.75 Å². The highest BCUT2D eigenvalue weighted by molar-refractivity contribution is 9.13. The lowest BCUT2D eigenvalue weighted by Gasteiger charge is -2.12. The van der Waals surface area contributed by atoms with Crippen LogP contribution in [0.4, 0.5) is 5.69 Å². The average Bonchev–Trinajstić information content (AvgIpc) is 2.22. The predicted molar refractivity (Wildman–Crippen MR) is 64.2 cm³/mol. The third kappa shape index (κ3) is 2.34. The van der Waals surface area contributed by atoms with E-state index in [-0.39, 0.29) is 10.0 Å². The van der Waals surface area contributed by atoms with Crippen molar-refractivity contribution in [2.45, 2.75) is 6.04 Å². The average molecular weight is 356 g/mol. The van der Waals surface area contributed by atoms with Crippen molar-refractivity contribution in [1.29, 1.82) is 0 Å². The molecule has 0 bridgehead atoms. The van der Waals surface area contributed by atoms with Crippen LogP contribution in [0.1, 0.15) is 11.6 Å². The highest BCUT2D eigenvalue weighted by Gasteiger charge is 2.26. The summed E-state index contributed by atoms with van der Waals surface area (Å²) in [6, 6.07) is 0.552. The van der Waals surface area contributed by atoms with Gasteiger partial charge in [-0.25, -0.2) is 0 Å². The van der Waals surface area contributed by atoms with Gasteiger partial charge in [-0.15, -0.1) is 0 Å². The summed E-state index contributed by atoms with van der Waals surface area (Å²) in [6.45, 7) is -0.418. The Hall–Kier alpha value is -0.700. The van der Waals surface area contributed by atoms with E-state index >= 15 is 0 Å². The molecule has 8 heteroatoms. The number of benzene rings is 1. The Bertz CT molecular complexity index is 439. The number of hydrogen-bond donors (Lipinski definition) is 3. The van der Waals surface area contributed by atoms with Gasteiger partial charge < -0.3 is 15.9 Å². The van der Waals surface area contributed by atoms with E-state index in [0.29, 0.717) is 4.47 Å². The zero-order valence-electron chi connectivity index (χ0n) is 7.85. The van der Waals surface area contributed by atoms with Crippen molar-refractivity contribution in [2.24, 2.45) is 5.73 Å². The number of nitro groups is 1. The van der Waals surface area contributed by atoms with E-state index < -0.39 is 29.0 Å². The molecule has 1 aromatic carbocycles. The number of phenols is 1. The van der Waals surface area contributed by atoms with Crippen LogP contribution in [0.3, 0.4) is 0 Å². The van der Waals surface area contributed by atoms with Crippen LogP contribution in [0.2, 0.25) is 0 Å². The molecule has 0 spiro atoms. The molecule has 1 rings (SSSR count). The van der Waals surface area contributed by atoms with Crippen LogP contribution in [-0.4, -0.2) is 21.7 Å². The molecule has 0 saturated heterocycles. The van der Waals surface area contributed by atoms with Crippen LogP contribution in [0, 0.1) is 10.1 Å². The van der Waals surface area contributed by atoms with Crippen LogP contribution < -0.4 is 5.73 Å². The molecule has 0 radical (unpaired) electrons. The van der Waals surface area contributed by atoms with E-state index in [2.05, 4.69) is 31.9 Å². The summed E-state index contributed by atoms with van der Waals surface area (Å²) in [5.41, 5.74) is 5.15. The van der Waals surface area contributed by atoms with Gasteiger partial charge in [0.05, 0.1) is 17.6 Å². The summed E-state index contributed by atoms with van der Waals surface area (Å²) in [5.74, 6) is -0.540. The minimum absolute atomic E-state index is 0.115. The second-order valence-electron chi connectivity index (χ2n) is 3.00. The van der Waals surface area contributed by atoms with Gasteiger partial charge in [0.15, 0.2) is 0 Å². The van der Waals surface area contributed by atoms with Crippen LogP contribution in [-0.2, 0) is 0 Å². The number of phenolic OH excluding ortho intramolecular Hbond substituents is 1. The first-order valence-electron chi connectivity index (χ1n) is 4.11. The molecule has 0 aliphatic heterocycles. The second kappa shape index (κ2) is 5.09. The number of aromatic hydroxyl groups is 1. The smallest absolute Gasteiger partial charge is 0.326 e. The van der Waals surface area contributed by atoms with Crippen LogP contribution in [0.25, 0.3) is 0 Å². The molecule has 88 valence electrons. The summed E-state index contributed by atoms with van der Waals surface area (Å²) in [5, 5.41) is 29.3. The fourth-order valence-electron chi connectivity index (χ4n) is 1.17.